The van der Waals surface area contributed by atoms with E-state index in [4.69, 9.17) is 4.74 Å². The molecule has 5 heteroatoms. The Hall–Kier alpha value is -2.40. The van der Waals surface area contributed by atoms with Gasteiger partial charge in [-0.05, 0) is 57.0 Å². The normalized spacial score (nSPS) is 17.7. The van der Waals surface area contributed by atoms with Crippen LogP contribution in [0.1, 0.15) is 40.0 Å². The van der Waals surface area contributed by atoms with Gasteiger partial charge in [0.1, 0.15) is 5.75 Å². The van der Waals surface area contributed by atoms with Crippen molar-refractivity contribution in [1.82, 2.24) is 14.7 Å². The highest BCUT2D eigenvalue weighted by molar-refractivity contribution is 5.99. The van der Waals surface area contributed by atoms with Crippen LogP contribution in [0.5, 0.6) is 5.75 Å². The van der Waals surface area contributed by atoms with Gasteiger partial charge in [-0.3, -0.25) is 14.4 Å². The molecule has 3 rings (SSSR count). The summed E-state index contributed by atoms with van der Waals surface area (Å²) >= 11 is 0. The summed E-state index contributed by atoms with van der Waals surface area (Å²) in [6.45, 7) is 11.3. The lowest BCUT2D eigenvalue weighted by Crippen LogP contribution is -2.38. The molecule has 0 bridgehead atoms. The zero-order chi connectivity index (χ0) is 19.4. The van der Waals surface area contributed by atoms with Crippen molar-refractivity contribution in [3.63, 3.8) is 0 Å². The number of likely N-dealkylation sites (tertiary alicyclic amines) is 1. The van der Waals surface area contributed by atoms with Crippen molar-refractivity contribution in [2.24, 2.45) is 5.92 Å². The van der Waals surface area contributed by atoms with Crippen molar-refractivity contribution >= 4 is 5.78 Å². The van der Waals surface area contributed by atoms with Gasteiger partial charge in [0, 0.05) is 35.8 Å². The van der Waals surface area contributed by atoms with Crippen molar-refractivity contribution in [2.45, 2.75) is 39.8 Å². The van der Waals surface area contributed by atoms with E-state index in [1.54, 1.807) is 7.11 Å². The molecule has 27 heavy (non-hydrogen) atoms. The van der Waals surface area contributed by atoms with Gasteiger partial charge in [-0.1, -0.05) is 6.08 Å². The lowest BCUT2D eigenvalue weighted by Gasteiger charge is -2.32. The van der Waals surface area contributed by atoms with Crippen molar-refractivity contribution < 1.29 is 9.53 Å². The molecule has 144 valence electrons. The molecule has 0 N–H and O–H groups in total. The van der Waals surface area contributed by atoms with Crippen LogP contribution in [0, 0.1) is 19.8 Å². The van der Waals surface area contributed by atoms with Crippen LogP contribution >= 0.6 is 0 Å². The zero-order valence-corrected chi connectivity index (χ0v) is 16.6. The summed E-state index contributed by atoms with van der Waals surface area (Å²) in [6, 6.07) is 5.71. The molecule has 0 saturated carbocycles. The maximum Gasteiger partial charge on any atom is 0.167 e. The molecule has 1 aliphatic heterocycles. The predicted molar refractivity (Wildman–Crippen MR) is 107 cm³/mol. The molecular weight excluding hydrogens is 338 g/mol. The average Bonchev–Trinajstić information content (AvgIpc) is 3.01. The molecule has 0 spiro atoms. The Morgan fingerprint density at radius 3 is 2.93 bits per heavy atom. The molecule has 1 aromatic carbocycles. The van der Waals surface area contributed by atoms with E-state index in [0.717, 1.165) is 55.9 Å². The Morgan fingerprint density at radius 1 is 1.41 bits per heavy atom. The van der Waals surface area contributed by atoms with E-state index < -0.39 is 0 Å². The van der Waals surface area contributed by atoms with E-state index in [9.17, 15) is 4.79 Å². The second kappa shape index (κ2) is 8.53. The van der Waals surface area contributed by atoms with Gasteiger partial charge >= 0.3 is 0 Å². The van der Waals surface area contributed by atoms with Crippen molar-refractivity contribution in [3.05, 3.63) is 59.4 Å². The number of ether oxygens (including phenoxy) is 1. The number of aromatic nitrogens is 2. The van der Waals surface area contributed by atoms with Crippen LogP contribution in [0.25, 0.3) is 0 Å². The van der Waals surface area contributed by atoms with E-state index in [1.807, 2.05) is 42.1 Å². The molecule has 0 aliphatic carbocycles. The number of Topliss-reactive ketones (excluding diaryl/α,β-unsaturated/α-hetero) is 1. The number of benzene rings is 1. The van der Waals surface area contributed by atoms with Gasteiger partial charge < -0.3 is 4.74 Å². The summed E-state index contributed by atoms with van der Waals surface area (Å²) in [4.78, 5) is 15.5. The Kier molecular flexibility index (Phi) is 6.11. The Balaban J connectivity index is 1.69. The number of hydrogen-bond donors (Lipinski definition) is 0. The summed E-state index contributed by atoms with van der Waals surface area (Å²) in [6.07, 6.45) is 5.80. The summed E-state index contributed by atoms with van der Waals surface area (Å²) in [5.74, 6) is 1.09. The van der Waals surface area contributed by atoms with Gasteiger partial charge in [-0.15, -0.1) is 6.58 Å². The predicted octanol–water partition coefficient (Wildman–Crippen LogP) is 3.79. The van der Waals surface area contributed by atoms with Gasteiger partial charge in [0.25, 0.3) is 0 Å². The smallest absolute Gasteiger partial charge is 0.167 e. The molecule has 1 atom stereocenters. The molecular formula is C22H29N3O2. The van der Waals surface area contributed by atoms with E-state index in [0.29, 0.717) is 0 Å². The number of hydrogen-bond acceptors (Lipinski definition) is 4. The number of carbonyl (C=O) groups excluding carboxylic acids is 1. The Labute approximate surface area is 161 Å². The van der Waals surface area contributed by atoms with Gasteiger partial charge in [0.15, 0.2) is 5.78 Å². The van der Waals surface area contributed by atoms with Gasteiger partial charge in [0.05, 0.1) is 19.9 Å². The molecule has 5 nitrogen and oxygen atoms in total. The molecule has 1 saturated heterocycles. The lowest BCUT2D eigenvalue weighted by atomic mass is 9.88. The van der Waals surface area contributed by atoms with Crippen LogP contribution in [0.4, 0.5) is 0 Å². The largest absolute Gasteiger partial charge is 0.497 e. The molecule has 1 aliphatic rings. The fourth-order valence-corrected chi connectivity index (χ4v) is 3.86. The standard InChI is InChI=1S/C22H29N3O2/c1-5-10-25-17(3)19(13-23-25)15-24-11-6-7-18(14-24)22(26)21-9-8-20(27-4)12-16(21)2/h5,8-9,12-13,18H,1,6-7,10-11,14-15H2,2-4H3. The van der Waals surface area contributed by atoms with Gasteiger partial charge in [-0.2, -0.15) is 5.10 Å². The van der Waals surface area contributed by atoms with Crippen molar-refractivity contribution in [2.75, 3.05) is 20.2 Å². The highest BCUT2D eigenvalue weighted by Gasteiger charge is 2.28. The average molecular weight is 367 g/mol. The number of nitrogens with zero attached hydrogens (tertiary/aromatic N) is 3. The molecule has 2 heterocycles. The number of methoxy groups -OCH3 is 1. The van der Waals surface area contributed by atoms with Crippen LogP contribution in [-0.2, 0) is 13.1 Å². The first kappa shape index (κ1) is 19.4. The second-order valence-electron chi connectivity index (χ2n) is 7.35. The number of ketones is 1. The minimum atomic E-state index is 0.0503. The first-order valence-electron chi connectivity index (χ1n) is 9.57. The fourth-order valence-electron chi connectivity index (χ4n) is 3.86. The number of piperidine rings is 1. The summed E-state index contributed by atoms with van der Waals surface area (Å²) in [5, 5.41) is 4.44. The van der Waals surface area contributed by atoms with E-state index in [1.165, 1.54) is 11.3 Å². The molecule has 1 unspecified atom stereocenters. The topological polar surface area (TPSA) is 47.4 Å². The fraction of sp³-hybridized carbons (Fsp3) is 0.455. The third-order valence-corrected chi connectivity index (χ3v) is 5.48. The highest BCUT2D eigenvalue weighted by atomic mass is 16.5. The van der Waals surface area contributed by atoms with Crippen LogP contribution in [0.15, 0.2) is 37.1 Å². The van der Waals surface area contributed by atoms with E-state index >= 15 is 0 Å². The molecule has 0 radical (unpaired) electrons. The van der Waals surface area contributed by atoms with Crippen molar-refractivity contribution in [1.29, 1.82) is 0 Å². The van der Waals surface area contributed by atoms with Gasteiger partial charge in [0.2, 0.25) is 0 Å². The third kappa shape index (κ3) is 4.30. The summed E-state index contributed by atoms with van der Waals surface area (Å²) in [5.41, 5.74) is 4.20. The minimum absolute atomic E-state index is 0.0503. The third-order valence-electron chi connectivity index (χ3n) is 5.48. The van der Waals surface area contributed by atoms with Gasteiger partial charge in [-0.25, -0.2) is 0 Å². The summed E-state index contributed by atoms with van der Waals surface area (Å²) < 4.78 is 7.22. The molecule has 1 fully saturated rings. The number of rotatable bonds is 7. The molecule has 0 amide bonds. The van der Waals surface area contributed by atoms with Crippen LogP contribution in [-0.4, -0.2) is 40.7 Å². The molecule has 1 aromatic heterocycles. The van der Waals surface area contributed by atoms with Crippen LogP contribution in [0.2, 0.25) is 0 Å². The Morgan fingerprint density at radius 2 is 2.22 bits per heavy atom. The van der Waals surface area contributed by atoms with Crippen LogP contribution < -0.4 is 4.74 Å². The maximum atomic E-state index is 13.1. The number of allylic oxidation sites excluding steroid dienone is 1. The summed E-state index contributed by atoms with van der Waals surface area (Å²) in [7, 11) is 1.65. The van der Waals surface area contributed by atoms with E-state index in [2.05, 4.69) is 23.5 Å². The highest BCUT2D eigenvalue weighted by Crippen LogP contribution is 2.26. The number of carbonyl (C=O) groups is 1. The SMILES string of the molecule is C=CCn1ncc(CN2CCCC(C(=O)c3ccc(OC)cc3C)C2)c1C. The lowest BCUT2D eigenvalue weighted by molar-refractivity contribution is 0.0810. The second-order valence-corrected chi connectivity index (χ2v) is 7.35. The maximum absolute atomic E-state index is 13.1. The van der Waals surface area contributed by atoms with Crippen molar-refractivity contribution in [3.8, 4) is 5.75 Å². The van der Waals surface area contributed by atoms with E-state index in [-0.39, 0.29) is 11.7 Å². The Bertz CT molecular complexity index is 825. The zero-order valence-electron chi connectivity index (χ0n) is 16.6. The number of aryl methyl sites for hydroxylation is 1. The molecule has 2 aromatic rings. The minimum Gasteiger partial charge on any atom is -0.497 e. The first-order chi connectivity index (χ1) is 13.0. The first-order valence-corrected chi connectivity index (χ1v) is 9.57. The monoisotopic (exact) mass is 367 g/mol. The quantitative estimate of drug-likeness (QED) is 0.552. The van der Waals surface area contributed by atoms with Crippen LogP contribution in [0.3, 0.4) is 0 Å².